The van der Waals surface area contributed by atoms with Crippen molar-refractivity contribution in [3.63, 3.8) is 0 Å². The molecule has 0 radical (unpaired) electrons. The number of halogens is 1. The summed E-state index contributed by atoms with van der Waals surface area (Å²) in [5.74, 6) is 0. The summed E-state index contributed by atoms with van der Waals surface area (Å²) in [6, 6.07) is 8.34. The summed E-state index contributed by atoms with van der Waals surface area (Å²) in [5.41, 5.74) is 2.53. The van der Waals surface area contributed by atoms with Gasteiger partial charge in [-0.3, -0.25) is 0 Å². The van der Waals surface area contributed by atoms with Gasteiger partial charge in [-0.1, -0.05) is 37.1 Å². The summed E-state index contributed by atoms with van der Waals surface area (Å²) in [6.07, 6.45) is 5.19. The van der Waals surface area contributed by atoms with E-state index in [1.807, 2.05) is 12.1 Å². The number of hydrogen-bond donors (Lipinski definition) is 2. The first kappa shape index (κ1) is 18.7. The highest BCUT2D eigenvalue weighted by molar-refractivity contribution is 7.87. The highest BCUT2D eigenvalue weighted by Crippen LogP contribution is 2.22. The highest BCUT2D eigenvalue weighted by atomic mass is 35.5. The van der Waals surface area contributed by atoms with Gasteiger partial charge in [-0.2, -0.15) is 12.7 Å². The molecule has 130 valence electrons. The van der Waals surface area contributed by atoms with Gasteiger partial charge >= 0.3 is 0 Å². The Morgan fingerprint density at radius 1 is 1.13 bits per heavy atom. The van der Waals surface area contributed by atoms with E-state index in [1.54, 1.807) is 4.31 Å². The van der Waals surface area contributed by atoms with E-state index in [0.717, 1.165) is 38.6 Å². The SMILES string of the molecule is Cl.O=S(=O)(NCC1NCCc2ccccc21)N1CCCCCC1. The maximum Gasteiger partial charge on any atom is 0.279 e. The standard InChI is InChI=1S/C16H25N3O2S.ClH/c20-22(21,19-11-5-1-2-6-12-19)18-13-16-15-8-4-3-7-14(15)9-10-17-16;/h3-4,7-8,16-18H,1-2,5-6,9-13H2;1H. The monoisotopic (exact) mass is 359 g/mol. The molecule has 0 bridgehead atoms. The number of hydrogen-bond acceptors (Lipinski definition) is 3. The van der Waals surface area contributed by atoms with Crippen molar-refractivity contribution in [2.75, 3.05) is 26.2 Å². The van der Waals surface area contributed by atoms with Gasteiger partial charge in [0.1, 0.15) is 0 Å². The van der Waals surface area contributed by atoms with E-state index in [2.05, 4.69) is 22.2 Å². The smallest absolute Gasteiger partial charge is 0.279 e. The molecule has 1 aromatic rings. The Kier molecular flexibility index (Phi) is 6.85. The van der Waals surface area contributed by atoms with Gasteiger partial charge < -0.3 is 5.32 Å². The molecular weight excluding hydrogens is 334 g/mol. The normalized spacial score (nSPS) is 22.7. The number of fused-ring (bicyclic) bond motifs is 1. The maximum absolute atomic E-state index is 12.5. The van der Waals surface area contributed by atoms with E-state index < -0.39 is 10.2 Å². The second-order valence-electron chi connectivity index (χ2n) is 6.12. The van der Waals surface area contributed by atoms with Crippen LogP contribution in [0.5, 0.6) is 0 Å². The summed E-state index contributed by atoms with van der Waals surface area (Å²) in [7, 11) is -3.37. The molecule has 2 heterocycles. The molecule has 7 heteroatoms. The molecular formula is C16H26ClN3O2S. The molecule has 2 N–H and O–H groups in total. The zero-order valence-corrected chi connectivity index (χ0v) is 15.0. The molecule has 1 unspecified atom stereocenters. The number of nitrogens with one attached hydrogen (secondary N) is 2. The predicted molar refractivity (Wildman–Crippen MR) is 95.1 cm³/mol. The molecule has 1 saturated heterocycles. The molecule has 0 aliphatic carbocycles. The summed E-state index contributed by atoms with van der Waals surface area (Å²) in [6.45, 7) is 2.59. The van der Waals surface area contributed by atoms with Crippen molar-refractivity contribution in [2.45, 2.75) is 38.1 Å². The molecule has 1 fully saturated rings. The van der Waals surface area contributed by atoms with Gasteiger partial charge in [-0.05, 0) is 36.9 Å². The van der Waals surface area contributed by atoms with Crippen LogP contribution in [0.1, 0.15) is 42.9 Å². The lowest BCUT2D eigenvalue weighted by molar-refractivity contribution is 0.407. The second kappa shape index (κ2) is 8.44. The molecule has 2 aliphatic rings. The number of rotatable bonds is 4. The summed E-state index contributed by atoms with van der Waals surface area (Å²) in [5, 5.41) is 3.42. The van der Waals surface area contributed by atoms with Crippen LogP contribution < -0.4 is 10.0 Å². The van der Waals surface area contributed by atoms with Crippen LogP contribution >= 0.6 is 12.4 Å². The molecule has 2 aliphatic heterocycles. The lowest BCUT2D eigenvalue weighted by Gasteiger charge is -2.28. The van der Waals surface area contributed by atoms with Gasteiger partial charge in [0.25, 0.3) is 10.2 Å². The average molecular weight is 360 g/mol. The van der Waals surface area contributed by atoms with Crippen molar-refractivity contribution in [2.24, 2.45) is 0 Å². The third-order valence-corrected chi connectivity index (χ3v) is 6.17. The minimum absolute atomic E-state index is 0. The van der Waals surface area contributed by atoms with Crippen molar-refractivity contribution in [3.05, 3.63) is 35.4 Å². The molecule has 23 heavy (non-hydrogen) atoms. The van der Waals surface area contributed by atoms with Crippen molar-refractivity contribution in [1.82, 2.24) is 14.3 Å². The van der Waals surface area contributed by atoms with Gasteiger partial charge in [-0.25, -0.2) is 4.72 Å². The number of nitrogens with zero attached hydrogens (tertiary/aromatic N) is 1. The zero-order valence-electron chi connectivity index (χ0n) is 13.3. The fourth-order valence-electron chi connectivity index (χ4n) is 3.34. The van der Waals surface area contributed by atoms with E-state index in [0.29, 0.717) is 19.6 Å². The minimum atomic E-state index is -3.37. The van der Waals surface area contributed by atoms with Crippen molar-refractivity contribution >= 4 is 22.6 Å². The van der Waals surface area contributed by atoms with Crippen LogP contribution in [0.15, 0.2) is 24.3 Å². The topological polar surface area (TPSA) is 61.4 Å². The molecule has 0 aromatic heterocycles. The first-order valence-corrected chi connectivity index (χ1v) is 9.67. The minimum Gasteiger partial charge on any atom is -0.308 e. The first-order valence-electron chi connectivity index (χ1n) is 8.23. The fraction of sp³-hybridized carbons (Fsp3) is 0.625. The van der Waals surface area contributed by atoms with Crippen LogP contribution in [-0.4, -0.2) is 38.9 Å². The van der Waals surface area contributed by atoms with E-state index >= 15 is 0 Å². The van der Waals surface area contributed by atoms with Crippen LogP contribution in [-0.2, 0) is 16.6 Å². The molecule has 0 amide bonds. The molecule has 5 nitrogen and oxygen atoms in total. The van der Waals surface area contributed by atoms with Crippen molar-refractivity contribution in [3.8, 4) is 0 Å². The van der Waals surface area contributed by atoms with Gasteiger partial charge in [0, 0.05) is 25.7 Å². The van der Waals surface area contributed by atoms with E-state index in [1.165, 1.54) is 11.1 Å². The molecule has 0 spiro atoms. The lowest BCUT2D eigenvalue weighted by Crippen LogP contribution is -2.45. The van der Waals surface area contributed by atoms with Gasteiger partial charge in [0.05, 0.1) is 0 Å². The zero-order chi connectivity index (χ0) is 15.4. The van der Waals surface area contributed by atoms with Crippen LogP contribution in [0.2, 0.25) is 0 Å². The lowest BCUT2D eigenvalue weighted by atomic mass is 9.95. The molecule has 1 aromatic carbocycles. The van der Waals surface area contributed by atoms with Crippen LogP contribution in [0.25, 0.3) is 0 Å². The third-order valence-electron chi connectivity index (χ3n) is 4.59. The van der Waals surface area contributed by atoms with E-state index in [4.69, 9.17) is 0 Å². The predicted octanol–water partition coefficient (Wildman–Crippen LogP) is 2.01. The summed E-state index contributed by atoms with van der Waals surface area (Å²) >= 11 is 0. The highest BCUT2D eigenvalue weighted by Gasteiger charge is 2.25. The van der Waals surface area contributed by atoms with E-state index in [9.17, 15) is 8.42 Å². The Hall–Kier alpha value is -0.660. The van der Waals surface area contributed by atoms with Crippen molar-refractivity contribution in [1.29, 1.82) is 0 Å². The van der Waals surface area contributed by atoms with Crippen LogP contribution in [0, 0.1) is 0 Å². The molecule has 3 rings (SSSR count). The third kappa shape index (κ3) is 4.67. The largest absolute Gasteiger partial charge is 0.308 e. The Morgan fingerprint density at radius 2 is 1.83 bits per heavy atom. The maximum atomic E-state index is 12.5. The van der Waals surface area contributed by atoms with Crippen LogP contribution in [0.3, 0.4) is 0 Å². The van der Waals surface area contributed by atoms with E-state index in [-0.39, 0.29) is 18.4 Å². The summed E-state index contributed by atoms with van der Waals surface area (Å²) < 4.78 is 29.4. The first-order chi connectivity index (χ1) is 10.7. The Morgan fingerprint density at radius 3 is 2.57 bits per heavy atom. The average Bonchev–Trinajstić information content (AvgIpc) is 2.83. The number of benzene rings is 1. The van der Waals surface area contributed by atoms with Crippen LogP contribution in [0.4, 0.5) is 0 Å². The Labute approximate surface area is 145 Å². The Balaban J connectivity index is 0.00000192. The quantitative estimate of drug-likeness (QED) is 0.864. The molecule has 1 atom stereocenters. The van der Waals surface area contributed by atoms with Gasteiger partial charge in [0.2, 0.25) is 0 Å². The fourth-order valence-corrected chi connectivity index (χ4v) is 4.64. The molecule has 0 saturated carbocycles. The van der Waals surface area contributed by atoms with Crippen molar-refractivity contribution < 1.29 is 8.42 Å². The Bertz CT molecular complexity index is 601. The van der Waals surface area contributed by atoms with Gasteiger partial charge in [-0.15, -0.1) is 12.4 Å². The second-order valence-corrected chi connectivity index (χ2v) is 7.88. The van der Waals surface area contributed by atoms with Gasteiger partial charge in [0.15, 0.2) is 0 Å². The summed E-state index contributed by atoms with van der Waals surface area (Å²) in [4.78, 5) is 0.